The van der Waals surface area contributed by atoms with E-state index in [9.17, 15) is 0 Å². The Hall–Kier alpha value is -0.473. The summed E-state index contributed by atoms with van der Waals surface area (Å²) in [5.41, 5.74) is 3.03. The Kier molecular flexibility index (Phi) is 4.31. The van der Waals surface area contributed by atoms with Crippen molar-refractivity contribution in [2.75, 3.05) is 5.75 Å². The third-order valence-corrected chi connectivity index (χ3v) is 12.4. The summed E-state index contributed by atoms with van der Waals surface area (Å²) in [4.78, 5) is 0. The second-order valence-electron chi connectivity index (χ2n) is 6.16. The molecule has 0 aromatic rings. The van der Waals surface area contributed by atoms with Gasteiger partial charge in [0.2, 0.25) is 0 Å². The maximum atomic E-state index is 2.56. The van der Waals surface area contributed by atoms with Gasteiger partial charge in [0.1, 0.15) is 8.07 Å². The number of hydrogen-bond acceptors (Lipinski definition) is 1. The third kappa shape index (κ3) is 2.45. The fourth-order valence-electron chi connectivity index (χ4n) is 3.49. The minimum atomic E-state index is -1.51. The van der Waals surface area contributed by atoms with Crippen LogP contribution in [0.1, 0.15) is 33.6 Å². The highest BCUT2D eigenvalue weighted by Crippen LogP contribution is 2.50. The van der Waals surface area contributed by atoms with Crippen LogP contribution in [0, 0.1) is 0 Å². The van der Waals surface area contributed by atoms with Crippen molar-refractivity contribution in [2.45, 2.75) is 51.1 Å². The van der Waals surface area contributed by atoms with E-state index in [0.717, 1.165) is 6.42 Å². The lowest BCUT2D eigenvalue weighted by molar-refractivity contribution is 0.854. The number of hydrogen-bond donors (Lipinski definition) is 0. The van der Waals surface area contributed by atoms with Crippen molar-refractivity contribution in [1.29, 1.82) is 0 Å². The quantitative estimate of drug-likeness (QED) is 0.621. The molecule has 0 bridgehead atoms. The van der Waals surface area contributed by atoms with Gasteiger partial charge >= 0.3 is 0 Å². The summed E-state index contributed by atoms with van der Waals surface area (Å²) in [5.74, 6) is 1.20. The second-order valence-corrected chi connectivity index (χ2v) is 12.8. The van der Waals surface area contributed by atoms with E-state index in [2.05, 4.69) is 76.0 Å². The molecule has 19 heavy (non-hydrogen) atoms. The molecule has 104 valence electrons. The molecular formula is C17H26SSi. The highest BCUT2D eigenvalue weighted by molar-refractivity contribution is 8.02. The molecule has 0 heterocycles. The predicted octanol–water partition coefficient (Wildman–Crippen LogP) is 5.45. The highest BCUT2D eigenvalue weighted by atomic mass is 32.2. The van der Waals surface area contributed by atoms with Gasteiger partial charge < -0.3 is 0 Å². The zero-order chi connectivity index (χ0) is 14.1. The molecule has 2 heteroatoms. The molecule has 2 aliphatic carbocycles. The van der Waals surface area contributed by atoms with Crippen LogP contribution in [0.5, 0.6) is 0 Å². The zero-order valence-electron chi connectivity index (χ0n) is 12.9. The largest absolute Gasteiger partial charge is 0.154 e. The fraction of sp³-hybridized carbons (Fsp3) is 0.529. The monoisotopic (exact) mass is 290 g/mol. The van der Waals surface area contributed by atoms with Gasteiger partial charge in [-0.15, -0.1) is 0 Å². The fourth-order valence-corrected chi connectivity index (χ4v) is 9.99. The van der Waals surface area contributed by atoms with Crippen molar-refractivity contribution in [3.8, 4) is 0 Å². The van der Waals surface area contributed by atoms with Crippen molar-refractivity contribution < 1.29 is 0 Å². The lowest BCUT2D eigenvalue weighted by atomic mass is 10.0. The van der Waals surface area contributed by atoms with E-state index >= 15 is 0 Å². The first-order valence-corrected chi connectivity index (χ1v) is 11.3. The molecule has 0 amide bonds. The molecule has 0 saturated carbocycles. The summed E-state index contributed by atoms with van der Waals surface area (Å²) < 4.78 is 0.349. The van der Waals surface area contributed by atoms with Gasteiger partial charge in [-0.3, -0.25) is 0 Å². The van der Waals surface area contributed by atoms with Crippen LogP contribution in [-0.2, 0) is 0 Å². The van der Waals surface area contributed by atoms with Crippen molar-refractivity contribution in [1.82, 2.24) is 0 Å². The molecule has 0 fully saturated rings. The number of allylic oxidation sites excluding steroid dienone is 7. The molecule has 2 aliphatic rings. The Labute approximate surface area is 123 Å². The number of rotatable bonds is 4. The molecule has 2 rings (SSSR count). The van der Waals surface area contributed by atoms with E-state index in [4.69, 9.17) is 0 Å². The van der Waals surface area contributed by atoms with Gasteiger partial charge in [-0.05, 0) is 32.4 Å². The van der Waals surface area contributed by atoms with Gasteiger partial charge in [0.05, 0.1) is 0 Å². The maximum absolute atomic E-state index is 2.56. The summed E-state index contributed by atoms with van der Waals surface area (Å²) in [6, 6.07) is 0. The Balaban J connectivity index is 2.46. The van der Waals surface area contributed by atoms with Gasteiger partial charge in [-0.2, -0.15) is 11.8 Å². The smallest absolute Gasteiger partial charge is 0.103 e. The van der Waals surface area contributed by atoms with E-state index in [0.29, 0.717) is 4.37 Å². The van der Waals surface area contributed by atoms with Gasteiger partial charge in [0, 0.05) is 4.37 Å². The van der Waals surface area contributed by atoms with Crippen LogP contribution in [0.2, 0.25) is 13.1 Å². The molecule has 0 aromatic heterocycles. The molecule has 0 N–H and O–H groups in total. The van der Waals surface area contributed by atoms with Crippen LogP contribution in [0.4, 0.5) is 0 Å². The van der Waals surface area contributed by atoms with Gasteiger partial charge in [-0.1, -0.05) is 66.7 Å². The van der Waals surface area contributed by atoms with Crippen molar-refractivity contribution in [2.24, 2.45) is 0 Å². The first kappa shape index (κ1) is 14.9. The second kappa shape index (κ2) is 5.49. The van der Waals surface area contributed by atoms with Gasteiger partial charge in [-0.25, -0.2) is 0 Å². The van der Waals surface area contributed by atoms with Crippen LogP contribution < -0.4 is 0 Å². The van der Waals surface area contributed by atoms with Gasteiger partial charge in [0.15, 0.2) is 0 Å². The highest BCUT2D eigenvalue weighted by Gasteiger charge is 2.49. The lowest BCUT2D eigenvalue weighted by Gasteiger charge is -2.48. The zero-order valence-corrected chi connectivity index (χ0v) is 14.7. The van der Waals surface area contributed by atoms with Crippen LogP contribution in [0.3, 0.4) is 0 Å². The molecule has 0 saturated heterocycles. The molecule has 0 nitrogen and oxygen atoms in total. The molecule has 0 aliphatic heterocycles. The lowest BCUT2D eigenvalue weighted by Crippen LogP contribution is -2.54. The minimum Gasteiger partial charge on any atom is -0.154 e. The van der Waals surface area contributed by atoms with Crippen molar-refractivity contribution in [3.63, 3.8) is 0 Å². The van der Waals surface area contributed by atoms with Crippen LogP contribution >= 0.6 is 11.8 Å². The summed E-state index contributed by atoms with van der Waals surface area (Å²) in [5, 5.41) is 1.65. The Bertz CT molecular complexity index is 479. The Morgan fingerprint density at radius 2 is 2.00 bits per heavy atom. The summed E-state index contributed by atoms with van der Waals surface area (Å²) >= 11 is 2.18. The summed E-state index contributed by atoms with van der Waals surface area (Å²) in [6.07, 6.45) is 14.4. The van der Waals surface area contributed by atoms with Gasteiger partial charge in [0.25, 0.3) is 0 Å². The Morgan fingerprint density at radius 1 is 1.26 bits per heavy atom. The third-order valence-electron chi connectivity index (χ3n) is 4.69. The molecular weight excluding hydrogens is 264 g/mol. The van der Waals surface area contributed by atoms with E-state index in [1.807, 2.05) is 0 Å². The SMILES string of the molecule is CCSC1([Si](C)(C)C2=CCC=C2)CC=C(C)C=C1C. The average Bonchev–Trinajstić information content (AvgIpc) is 2.87. The minimum absolute atomic E-state index is 0.349. The average molecular weight is 291 g/mol. The molecule has 0 aromatic carbocycles. The summed E-state index contributed by atoms with van der Waals surface area (Å²) in [6.45, 7) is 12.0. The molecule has 0 spiro atoms. The van der Waals surface area contributed by atoms with Crippen LogP contribution in [0.15, 0.2) is 46.7 Å². The van der Waals surface area contributed by atoms with E-state index in [-0.39, 0.29) is 0 Å². The number of thioether (sulfide) groups is 1. The van der Waals surface area contributed by atoms with Crippen molar-refractivity contribution in [3.05, 3.63) is 46.7 Å². The maximum Gasteiger partial charge on any atom is 0.103 e. The topological polar surface area (TPSA) is 0 Å². The van der Waals surface area contributed by atoms with E-state index in [1.165, 1.54) is 17.7 Å². The predicted molar refractivity (Wildman–Crippen MR) is 92.3 cm³/mol. The van der Waals surface area contributed by atoms with Crippen LogP contribution in [0.25, 0.3) is 0 Å². The summed E-state index contributed by atoms with van der Waals surface area (Å²) in [7, 11) is -1.51. The van der Waals surface area contributed by atoms with Crippen LogP contribution in [-0.4, -0.2) is 18.2 Å². The van der Waals surface area contributed by atoms with E-state index < -0.39 is 8.07 Å². The first-order valence-electron chi connectivity index (χ1n) is 7.30. The standard InChI is InChI=1S/C17H26SSi/c1-6-18-17(12-11-14(2)13-15(17)3)19(4,5)16-9-7-8-10-16/h7,9-11,13H,6,8,12H2,1-5H3. The molecule has 0 radical (unpaired) electrons. The molecule has 1 unspecified atom stereocenters. The van der Waals surface area contributed by atoms with Crippen molar-refractivity contribution >= 4 is 19.8 Å². The van der Waals surface area contributed by atoms with E-state index in [1.54, 1.807) is 10.8 Å². The Morgan fingerprint density at radius 3 is 2.53 bits per heavy atom. The first-order chi connectivity index (χ1) is 8.94. The normalized spacial score (nSPS) is 27.1. The molecule has 1 atom stereocenters.